The fourth-order valence-electron chi connectivity index (χ4n) is 3.54. The Morgan fingerprint density at radius 2 is 1.59 bits per heavy atom. The third-order valence-electron chi connectivity index (χ3n) is 5.08. The van der Waals surface area contributed by atoms with E-state index in [1.165, 1.54) is 14.2 Å². The third-order valence-corrected chi connectivity index (χ3v) is 5.08. The first-order valence-electron chi connectivity index (χ1n) is 8.78. The molecule has 6 nitrogen and oxygen atoms in total. The van der Waals surface area contributed by atoms with Crippen molar-refractivity contribution in [2.75, 3.05) is 14.2 Å². The van der Waals surface area contributed by atoms with Crippen LogP contribution in [0.1, 0.15) is 17.0 Å². The van der Waals surface area contributed by atoms with Gasteiger partial charge < -0.3 is 15.2 Å². The Kier molecular flexibility index (Phi) is 5.26. The maximum Gasteiger partial charge on any atom is 0.194 e. The third kappa shape index (κ3) is 3.06. The van der Waals surface area contributed by atoms with Gasteiger partial charge in [0, 0.05) is 5.92 Å². The first-order valence-corrected chi connectivity index (χ1v) is 8.78. The van der Waals surface area contributed by atoms with Crippen LogP contribution in [0.3, 0.4) is 0 Å². The van der Waals surface area contributed by atoms with Crippen molar-refractivity contribution in [1.29, 1.82) is 15.8 Å². The number of nitrogens with zero attached hydrogens (tertiary/aromatic N) is 3. The molecular formula is C23H18N4O2. The molecule has 0 radical (unpaired) electrons. The molecule has 3 rings (SSSR count). The van der Waals surface area contributed by atoms with E-state index in [4.69, 9.17) is 15.2 Å². The van der Waals surface area contributed by atoms with Crippen molar-refractivity contribution >= 4 is 5.57 Å². The molecule has 0 fully saturated rings. The van der Waals surface area contributed by atoms with Gasteiger partial charge in [0.15, 0.2) is 16.9 Å². The highest BCUT2D eigenvalue weighted by atomic mass is 16.5. The van der Waals surface area contributed by atoms with Crippen LogP contribution >= 0.6 is 0 Å². The molecule has 0 saturated carbocycles. The van der Waals surface area contributed by atoms with E-state index in [0.717, 1.165) is 5.56 Å². The topological polar surface area (TPSA) is 116 Å². The van der Waals surface area contributed by atoms with Crippen LogP contribution in [0, 0.1) is 39.4 Å². The van der Waals surface area contributed by atoms with Gasteiger partial charge in [-0.25, -0.2) is 0 Å². The average molecular weight is 382 g/mol. The van der Waals surface area contributed by atoms with Gasteiger partial charge in [0.05, 0.1) is 37.6 Å². The van der Waals surface area contributed by atoms with Gasteiger partial charge in [-0.2, -0.15) is 15.8 Å². The molecule has 1 aliphatic rings. The minimum absolute atomic E-state index is 0.0499. The summed E-state index contributed by atoms with van der Waals surface area (Å²) >= 11 is 0. The molecule has 0 heterocycles. The number of benzene rings is 2. The lowest BCUT2D eigenvalue weighted by molar-refractivity contribution is 0.355. The molecule has 0 bridgehead atoms. The first kappa shape index (κ1) is 19.5. The second kappa shape index (κ2) is 7.80. The van der Waals surface area contributed by atoms with E-state index in [1.807, 2.05) is 30.3 Å². The van der Waals surface area contributed by atoms with Crippen LogP contribution in [-0.2, 0) is 0 Å². The van der Waals surface area contributed by atoms with Crippen LogP contribution in [0.25, 0.3) is 5.57 Å². The lowest BCUT2D eigenvalue weighted by Gasteiger charge is -2.33. The molecule has 0 saturated heterocycles. The Labute approximate surface area is 169 Å². The highest BCUT2D eigenvalue weighted by Crippen LogP contribution is 2.49. The predicted octanol–water partition coefficient (Wildman–Crippen LogP) is 3.65. The fourth-order valence-corrected chi connectivity index (χ4v) is 3.54. The highest BCUT2D eigenvalue weighted by Gasteiger charge is 2.47. The van der Waals surface area contributed by atoms with E-state index in [1.54, 1.807) is 24.3 Å². The lowest BCUT2D eigenvalue weighted by atomic mass is 9.65. The maximum absolute atomic E-state index is 9.90. The van der Waals surface area contributed by atoms with E-state index in [2.05, 4.69) is 18.2 Å². The standard InChI is InChI=1S/C23H18N4O2/c1-28-20-9-8-16(10-21(20)29-2)17-11-19(15-6-4-3-5-7-15)23(13-25,14-26)22(27)18(17)12-24/h3-11,19H,27H2,1-2H3. The van der Waals surface area contributed by atoms with Crippen LogP contribution in [0.2, 0.25) is 0 Å². The normalized spacial score (nSPS) is 17.3. The second-order valence-electron chi connectivity index (χ2n) is 6.47. The van der Waals surface area contributed by atoms with Gasteiger partial charge in [0.25, 0.3) is 0 Å². The molecular weight excluding hydrogens is 364 g/mol. The number of nitriles is 3. The first-order chi connectivity index (χ1) is 14.1. The van der Waals surface area contributed by atoms with Crippen LogP contribution in [0.5, 0.6) is 11.5 Å². The summed E-state index contributed by atoms with van der Waals surface area (Å²) in [5, 5.41) is 29.6. The summed E-state index contributed by atoms with van der Waals surface area (Å²) in [5.41, 5.74) is 6.64. The molecule has 1 aliphatic carbocycles. The molecule has 0 aromatic heterocycles. The van der Waals surface area contributed by atoms with Crippen molar-refractivity contribution in [3.8, 4) is 29.7 Å². The maximum atomic E-state index is 9.90. The van der Waals surface area contributed by atoms with Gasteiger partial charge in [0.1, 0.15) is 6.07 Å². The van der Waals surface area contributed by atoms with E-state index >= 15 is 0 Å². The number of allylic oxidation sites excluding steroid dienone is 4. The van der Waals surface area contributed by atoms with Crippen molar-refractivity contribution < 1.29 is 9.47 Å². The molecule has 2 aromatic carbocycles. The van der Waals surface area contributed by atoms with Crippen LogP contribution in [-0.4, -0.2) is 14.2 Å². The summed E-state index contributed by atoms with van der Waals surface area (Å²) < 4.78 is 10.6. The van der Waals surface area contributed by atoms with Crippen LogP contribution < -0.4 is 15.2 Å². The Morgan fingerprint density at radius 3 is 2.14 bits per heavy atom. The van der Waals surface area contributed by atoms with Gasteiger partial charge in [0.2, 0.25) is 0 Å². The molecule has 142 valence electrons. The highest BCUT2D eigenvalue weighted by molar-refractivity contribution is 5.87. The average Bonchev–Trinajstić information content (AvgIpc) is 2.78. The summed E-state index contributed by atoms with van der Waals surface area (Å²) in [7, 11) is 3.06. The van der Waals surface area contributed by atoms with Crippen molar-refractivity contribution in [1.82, 2.24) is 0 Å². The molecule has 29 heavy (non-hydrogen) atoms. The van der Waals surface area contributed by atoms with Crippen LogP contribution in [0.15, 0.2) is 65.9 Å². The van der Waals surface area contributed by atoms with Gasteiger partial charge in [-0.1, -0.05) is 42.5 Å². The van der Waals surface area contributed by atoms with Gasteiger partial charge in [-0.05, 0) is 28.8 Å². The van der Waals surface area contributed by atoms with Crippen molar-refractivity contribution in [3.63, 3.8) is 0 Å². The molecule has 0 aliphatic heterocycles. The van der Waals surface area contributed by atoms with Crippen molar-refractivity contribution in [3.05, 3.63) is 77.0 Å². The van der Waals surface area contributed by atoms with Crippen molar-refractivity contribution in [2.45, 2.75) is 5.92 Å². The zero-order valence-electron chi connectivity index (χ0n) is 16.0. The number of hydrogen-bond donors (Lipinski definition) is 1. The summed E-state index contributed by atoms with van der Waals surface area (Å²) in [6.45, 7) is 0. The molecule has 0 spiro atoms. The number of nitrogens with two attached hydrogens (primary N) is 1. The summed E-state index contributed by atoms with van der Waals surface area (Å²) in [6.07, 6.45) is 1.76. The molecule has 1 atom stereocenters. The monoisotopic (exact) mass is 382 g/mol. The van der Waals surface area contributed by atoms with E-state index in [-0.39, 0.29) is 11.3 Å². The minimum Gasteiger partial charge on any atom is -0.493 e. The number of rotatable bonds is 4. The number of ether oxygens (including phenoxy) is 2. The van der Waals surface area contributed by atoms with Gasteiger partial charge in [-0.15, -0.1) is 0 Å². The minimum atomic E-state index is -1.67. The zero-order chi connectivity index (χ0) is 21.0. The zero-order valence-corrected chi connectivity index (χ0v) is 16.0. The SMILES string of the molecule is COc1ccc(C2=CC(c3ccccc3)C(C#N)(C#N)C(N)=C2C#N)cc1OC. The molecule has 6 heteroatoms. The smallest absolute Gasteiger partial charge is 0.194 e. The Balaban J connectivity index is 2.29. The second-order valence-corrected chi connectivity index (χ2v) is 6.47. The van der Waals surface area contributed by atoms with Gasteiger partial charge >= 0.3 is 0 Å². The Hall–Kier alpha value is -4.21. The summed E-state index contributed by atoms with van der Waals surface area (Å²) in [6, 6.07) is 20.6. The fraction of sp³-hybridized carbons (Fsp3) is 0.174. The summed E-state index contributed by atoms with van der Waals surface area (Å²) in [4.78, 5) is 0. The molecule has 0 amide bonds. The van der Waals surface area contributed by atoms with Gasteiger partial charge in [-0.3, -0.25) is 0 Å². The summed E-state index contributed by atoms with van der Waals surface area (Å²) in [5.74, 6) is 0.403. The number of hydrogen-bond acceptors (Lipinski definition) is 6. The Morgan fingerprint density at radius 1 is 0.931 bits per heavy atom. The predicted molar refractivity (Wildman–Crippen MR) is 107 cm³/mol. The quantitative estimate of drug-likeness (QED) is 0.863. The van der Waals surface area contributed by atoms with Crippen molar-refractivity contribution in [2.24, 2.45) is 11.1 Å². The molecule has 2 aromatic rings. The van der Waals surface area contributed by atoms with E-state index in [9.17, 15) is 15.8 Å². The lowest BCUT2D eigenvalue weighted by Crippen LogP contribution is -2.35. The van der Waals surface area contributed by atoms with E-state index < -0.39 is 11.3 Å². The molecule has 1 unspecified atom stereocenters. The van der Waals surface area contributed by atoms with E-state index in [0.29, 0.717) is 22.6 Å². The number of methoxy groups -OCH3 is 2. The largest absolute Gasteiger partial charge is 0.493 e. The Bertz CT molecular complexity index is 1110. The molecule has 2 N–H and O–H groups in total. The van der Waals surface area contributed by atoms with Crippen LogP contribution in [0.4, 0.5) is 0 Å².